The Hall–Kier alpha value is -4.93. The molecule has 9 nitrogen and oxygen atoms in total. The summed E-state index contributed by atoms with van der Waals surface area (Å²) < 4.78 is 20.6. The number of aromatic nitrogens is 2. The van der Waals surface area contributed by atoms with Crippen molar-refractivity contribution in [3.8, 4) is 0 Å². The Labute approximate surface area is 306 Å². The third-order valence-electron chi connectivity index (χ3n) is 10.6. The van der Waals surface area contributed by atoms with Gasteiger partial charge in [-0.15, -0.1) is 0 Å². The van der Waals surface area contributed by atoms with Crippen molar-refractivity contribution in [2.45, 2.75) is 77.2 Å². The smallest absolute Gasteiger partial charge is 0.444 e. The molecule has 2 aliphatic rings. The number of likely N-dealkylation sites (tertiary alicyclic amines) is 1. The summed E-state index contributed by atoms with van der Waals surface area (Å²) in [4.78, 5) is 28.6. The lowest BCUT2D eigenvalue weighted by atomic mass is 9.76. The molecule has 52 heavy (non-hydrogen) atoms. The molecule has 1 N–H and O–H groups in total. The SMILES string of the molecule is CC(C)(C)OC(=O)N1CC[C@@H](C(=O)Nc2nn(C(c3ccccc3)(c3ccccc3)c3ccccc3)c3ccc(B4OC(C)(C)C(C)(C)O4)cc23)C1. The van der Waals surface area contributed by atoms with Crippen LogP contribution in [0.15, 0.2) is 109 Å². The number of amides is 2. The lowest BCUT2D eigenvalue weighted by Crippen LogP contribution is -2.41. The first-order valence-electron chi connectivity index (χ1n) is 18.0. The van der Waals surface area contributed by atoms with Crippen molar-refractivity contribution in [1.29, 1.82) is 0 Å². The quantitative estimate of drug-likeness (QED) is 0.141. The van der Waals surface area contributed by atoms with E-state index in [4.69, 9.17) is 19.1 Å². The van der Waals surface area contributed by atoms with E-state index in [1.807, 2.05) is 126 Å². The van der Waals surface area contributed by atoms with Crippen molar-refractivity contribution < 1.29 is 23.6 Å². The maximum absolute atomic E-state index is 14.1. The number of hydrogen-bond donors (Lipinski definition) is 1. The molecule has 0 radical (unpaired) electrons. The van der Waals surface area contributed by atoms with Gasteiger partial charge in [-0.25, -0.2) is 9.48 Å². The molecule has 2 aliphatic heterocycles. The second-order valence-electron chi connectivity index (χ2n) is 15.8. The lowest BCUT2D eigenvalue weighted by Gasteiger charge is -2.37. The van der Waals surface area contributed by atoms with Gasteiger partial charge in [0.25, 0.3) is 0 Å². The van der Waals surface area contributed by atoms with Crippen LogP contribution in [0.3, 0.4) is 0 Å². The molecule has 0 bridgehead atoms. The molecule has 7 rings (SSSR count). The molecule has 0 unspecified atom stereocenters. The minimum absolute atomic E-state index is 0.205. The molecule has 2 amide bonds. The van der Waals surface area contributed by atoms with Crippen LogP contribution in [0.5, 0.6) is 0 Å². The fourth-order valence-corrected chi connectivity index (χ4v) is 7.20. The Kier molecular flexibility index (Phi) is 9.04. The molecule has 3 heterocycles. The molecule has 268 valence electrons. The zero-order chi connectivity index (χ0) is 36.9. The second kappa shape index (κ2) is 13.2. The van der Waals surface area contributed by atoms with Crippen LogP contribution in [-0.2, 0) is 24.4 Å². The molecule has 2 saturated heterocycles. The monoisotopic (exact) mass is 698 g/mol. The first kappa shape index (κ1) is 35.5. The van der Waals surface area contributed by atoms with Gasteiger partial charge in [0.1, 0.15) is 11.1 Å². The van der Waals surface area contributed by atoms with E-state index in [1.54, 1.807) is 4.90 Å². The normalized spacial score (nSPS) is 18.5. The van der Waals surface area contributed by atoms with Crippen LogP contribution in [0.1, 0.15) is 71.6 Å². The predicted octanol–water partition coefficient (Wildman–Crippen LogP) is 7.37. The fourth-order valence-electron chi connectivity index (χ4n) is 7.20. The Bertz CT molecular complexity index is 1960. The molecule has 1 atom stereocenters. The third kappa shape index (κ3) is 6.39. The average Bonchev–Trinajstić information content (AvgIpc) is 3.80. The number of carbonyl (C=O) groups is 2. The first-order valence-corrected chi connectivity index (χ1v) is 18.0. The topological polar surface area (TPSA) is 94.9 Å². The van der Waals surface area contributed by atoms with E-state index in [0.29, 0.717) is 18.8 Å². The molecule has 0 aliphatic carbocycles. The number of carbonyl (C=O) groups excluding carboxylic acids is 2. The van der Waals surface area contributed by atoms with Crippen LogP contribution in [0, 0.1) is 5.92 Å². The largest absolute Gasteiger partial charge is 0.494 e. The van der Waals surface area contributed by atoms with Crippen molar-refractivity contribution >= 4 is 41.3 Å². The molecular formula is C42H47BN4O5. The molecule has 0 saturated carbocycles. The minimum atomic E-state index is -0.919. The molecule has 2 fully saturated rings. The van der Waals surface area contributed by atoms with Crippen LogP contribution in [0.25, 0.3) is 10.9 Å². The highest BCUT2D eigenvalue weighted by Crippen LogP contribution is 2.44. The number of rotatable bonds is 7. The van der Waals surface area contributed by atoms with Gasteiger partial charge in [-0.2, -0.15) is 5.10 Å². The van der Waals surface area contributed by atoms with Gasteiger partial charge in [0, 0.05) is 18.5 Å². The minimum Gasteiger partial charge on any atom is -0.444 e. The van der Waals surface area contributed by atoms with Gasteiger partial charge in [0.05, 0.1) is 22.6 Å². The zero-order valence-electron chi connectivity index (χ0n) is 31.1. The van der Waals surface area contributed by atoms with E-state index in [-0.39, 0.29) is 12.5 Å². The first-order chi connectivity index (χ1) is 24.7. The number of fused-ring (bicyclic) bond motifs is 1. The van der Waals surface area contributed by atoms with E-state index in [9.17, 15) is 9.59 Å². The summed E-state index contributed by atoms with van der Waals surface area (Å²) in [5.74, 6) is -0.217. The van der Waals surface area contributed by atoms with Crippen molar-refractivity contribution in [2.24, 2.45) is 5.92 Å². The zero-order valence-corrected chi connectivity index (χ0v) is 31.1. The Morgan fingerprint density at radius 2 is 1.33 bits per heavy atom. The van der Waals surface area contributed by atoms with E-state index in [0.717, 1.165) is 33.1 Å². The summed E-state index contributed by atoms with van der Waals surface area (Å²) in [7, 11) is -0.611. The highest BCUT2D eigenvalue weighted by Gasteiger charge is 2.52. The van der Waals surface area contributed by atoms with Crippen LogP contribution in [-0.4, -0.2) is 63.7 Å². The van der Waals surface area contributed by atoms with Crippen molar-refractivity contribution in [1.82, 2.24) is 14.7 Å². The highest BCUT2D eigenvalue weighted by molar-refractivity contribution is 6.62. The molecule has 1 aromatic heterocycles. The summed E-state index contributed by atoms with van der Waals surface area (Å²) in [5, 5.41) is 9.27. The Morgan fingerprint density at radius 3 is 1.83 bits per heavy atom. The maximum Gasteiger partial charge on any atom is 0.494 e. The lowest BCUT2D eigenvalue weighted by molar-refractivity contribution is -0.119. The number of nitrogens with zero attached hydrogens (tertiary/aromatic N) is 3. The van der Waals surface area contributed by atoms with Gasteiger partial charge in [-0.1, -0.05) is 97.1 Å². The molecular weight excluding hydrogens is 651 g/mol. The summed E-state index contributed by atoms with van der Waals surface area (Å²) >= 11 is 0. The summed E-state index contributed by atoms with van der Waals surface area (Å²) in [5.41, 5.74) is 2.06. The van der Waals surface area contributed by atoms with Crippen LogP contribution >= 0.6 is 0 Å². The number of benzene rings is 4. The van der Waals surface area contributed by atoms with E-state index >= 15 is 0 Å². The molecule has 0 spiro atoms. The summed E-state index contributed by atoms with van der Waals surface area (Å²) in [6.45, 7) is 14.3. The molecule has 10 heteroatoms. The van der Waals surface area contributed by atoms with Crippen LogP contribution < -0.4 is 10.8 Å². The summed E-state index contributed by atoms with van der Waals surface area (Å²) in [6.07, 6.45) is 0.105. The Balaban J connectivity index is 1.39. The number of hydrogen-bond acceptors (Lipinski definition) is 6. The predicted molar refractivity (Wildman–Crippen MR) is 205 cm³/mol. The van der Waals surface area contributed by atoms with Crippen molar-refractivity contribution in [2.75, 3.05) is 18.4 Å². The van der Waals surface area contributed by atoms with E-state index in [1.165, 1.54) is 0 Å². The fraction of sp³-hybridized carbons (Fsp3) is 0.357. The van der Waals surface area contributed by atoms with Gasteiger partial charge < -0.3 is 24.3 Å². The Morgan fingerprint density at radius 1 is 0.808 bits per heavy atom. The van der Waals surface area contributed by atoms with Crippen molar-refractivity contribution in [3.05, 3.63) is 126 Å². The van der Waals surface area contributed by atoms with Gasteiger partial charge in [0.2, 0.25) is 5.91 Å². The summed E-state index contributed by atoms with van der Waals surface area (Å²) in [6, 6.07) is 37.1. The third-order valence-corrected chi connectivity index (χ3v) is 10.6. The van der Waals surface area contributed by atoms with Crippen LogP contribution in [0.2, 0.25) is 0 Å². The van der Waals surface area contributed by atoms with E-state index in [2.05, 4.69) is 41.7 Å². The van der Waals surface area contributed by atoms with Crippen LogP contribution in [0.4, 0.5) is 10.6 Å². The number of nitrogens with one attached hydrogen (secondary N) is 1. The van der Waals surface area contributed by atoms with Crippen molar-refractivity contribution in [3.63, 3.8) is 0 Å². The van der Waals surface area contributed by atoms with Gasteiger partial charge in [-0.3, -0.25) is 4.79 Å². The number of ether oxygens (including phenoxy) is 1. The molecule has 4 aromatic carbocycles. The average molecular weight is 699 g/mol. The maximum atomic E-state index is 14.1. The number of anilines is 1. The van der Waals surface area contributed by atoms with Gasteiger partial charge >= 0.3 is 13.2 Å². The van der Waals surface area contributed by atoms with Gasteiger partial charge in [0.15, 0.2) is 5.82 Å². The standard InChI is InChI=1S/C42H47BN4O5/c1-39(2,3)50-38(49)46-26-25-29(28-46)37(48)44-36-34-27-33(43-51-40(4,5)41(6,7)52-43)23-24-35(34)47(45-36)42(30-17-11-8-12-18-30,31-19-13-9-14-20-31)32-21-15-10-16-22-32/h8-24,27,29H,25-26,28H2,1-7H3,(H,44,45,48)/t29-/m1/s1. The second-order valence-corrected chi connectivity index (χ2v) is 15.8. The van der Waals surface area contributed by atoms with Gasteiger partial charge in [-0.05, 0) is 89.2 Å². The molecule has 5 aromatic rings. The van der Waals surface area contributed by atoms with E-state index < -0.39 is 41.5 Å². The highest BCUT2D eigenvalue weighted by atomic mass is 16.7.